The van der Waals surface area contributed by atoms with Gasteiger partial charge < -0.3 is 19.2 Å². The summed E-state index contributed by atoms with van der Waals surface area (Å²) in [4.78, 5) is 2.26. The molecule has 3 N–H and O–H groups in total. The summed E-state index contributed by atoms with van der Waals surface area (Å²) in [5.74, 6) is 0. The van der Waals surface area contributed by atoms with E-state index in [1.54, 1.807) is 0 Å². The number of rotatable bonds is 2. The minimum absolute atomic E-state index is 0.292. The lowest BCUT2D eigenvalue weighted by atomic mass is 10.4. The second-order valence-corrected chi connectivity index (χ2v) is 3.82. The zero-order chi connectivity index (χ0) is 10.1. The Kier molecular flexibility index (Phi) is 8.93. The van der Waals surface area contributed by atoms with Crippen molar-refractivity contribution in [1.82, 2.24) is 10.2 Å². The summed E-state index contributed by atoms with van der Waals surface area (Å²) in [6.45, 7) is 5.43. The van der Waals surface area contributed by atoms with E-state index < -0.39 is 9.64 Å². The third kappa shape index (κ3) is 10.1. The molecule has 13 heavy (non-hydrogen) atoms. The van der Waals surface area contributed by atoms with E-state index in [0.29, 0.717) is 6.61 Å². The average Bonchev–Trinajstić information content (AvgIpc) is 2.06. The second-order valence-electron chi connectivity index (χ2n) is 2.53. The third-order valence-electron chi connectivity index (χ3n) is 1.63. The van der Waals surface area contributed by atoms with Crippen molar-refractivity contribution in [1.29, 1.82) is 0 Å². The van der Waals surface area contributed by atoms with E-state index in [-0.39, 0.29) is 0 Å². The quantitative estimate of drug-likeness (QED) is 0.405. The molecular formula is C6H15N2O3S2-. The van der Waals surface area contributed by atoms with E-state index in [1.165, 1.54) is 0 Å². The summed E-state index contributed by atoms with van der Waals surface area (Å²) in [6, 6.07) is 0. The zero-order valence-electron chi connectivity index (χ0n) is 7.31. The van der Waals surface area contributed by atoms with Gasteiger partial charge in [-0.05, 0) is 0 Å². The minimum Gasteiger partial charge on any atom is -0.459 e. The molecule has 1 aliphatic heterocycles. The summed E-state index contributed by atoms with van der Waals surface area (Å²) >= 11 is 3.65. The zero-order valence-corrected chi connectivity index (χ0v) is 8.94. The van der Waals surface area contributed by atoms with Crippen molar-refractivity contribution in [2.24, 2.45) is 0 Å². The molecule has 0 aliphatic carbocycles. The lowest BCUT2D eigenvalue weighted by molar-refractivity contribution is 0.180. The fourth-order valence-electron chi connectivity index (χ4n) is 1.08. The first-order valence-electron chi connectivity index (χ1n) is 3.99. The SMILES string of the molecule is O=[S-](O)=S.OCCN1CCNCC1. The fraction of sp³-hybridized carbons (Fsp3) is 1.00. The van der Waals surface area contributed by atoms with Gasteiger partial charge in [-0.3, -0.25) is 4.90 Å². The standard InChI is InChI=1S/C6H14N2O.HO2S2/c9-6-5-8-3-1-7-2-4-8;1-4(2)3/h7,9H,1-6H2;(H,1,2,3)/q;-1. The van der Waals surface area contributed by atoms with Crippen molar-refractivity contribution < 1.29 is 13.9 Å². The number of nitrogens with one attached hydrogen (secondary N) is 1. The molecule has 7 heteroatoms. The van der Waals surface area contributed by atoms with Gasteiger partial charge >= 0.3 is 0 Å². The maximum Gasteiger partial charge on any atom is 0.0558 e. The maximum atomic E-state index is 8.93. The highest BCUT2D eigenvalue weighted by atomic mass is 32.8. The van der Waals surface area contributed by atoms with Gasteiger partial charge in [0.1, 0.15) is 0 Å². The van der Waals surface area contributed by atoms with Crippen LogP contribution < -0.4 is 5.32 Å². The van der Waals surface area contributed by atoms with Crippen LogP contribution in [0.25, 0.3) is 0 Å². The summed E-state index contributed by atoms with van der Waals surface area (Å²) in [6.07, 6.45) is 0. The van der Waals surface area contributed by atoms with Gasteiger partial charge in [-0.15, -0.1) is 0 Å². The summed E-state index contributed by atoms with van der Waals surface area (Å²) in [5, 5.41) is 11.8. The van der Waals surface area contributed by atoms with Crippen LogP contribution in [0.2, 0.25) is 0 Å². The highest BCUT2D eigenvalue weighted by molar-refractivity contribution is 8.18. The molecule has 1 rings (SSSR count). The van der Waals surface area contributed by atoms with E-state index in [2.05, 4.69) is 21.4 Å². The molecule has 0 unspecified atom stereocenters. The predicted octanol–water partition coefficient (Wildman–Crippen LogP) is -1.23. The molecular weight excluding hydrogens is 212 g/mol. The Morgan fingerprint density at radius 3 is 2.31 bits per heavy atom. The first-order chi connectivity index (χ1) is 6.16. The van der Waals surface area contributed by atoms with Gasteiger partial charge in [-0.2, -0.15) is 0 Å². The number of nitrogens with zero attached hydrogens (tertiary/aromatic N) is 1. The fourth-order valence-corrected chi connectivity index (χ4v) is 1.08. The van der Waals surface area contributed by atoms with Gasteiger partial charge in [0.15, 0.2) is 0 Å². The van der Waals surface area contributed by atoms with E-state index in [0.717, 1.165) is 32.7 Å². The Balaban J connectivity index is 0.000000310. The van der Waals surface area contributed by atoms with Crippen LogP contribution in [0.15, 0.2) is 0 Å². The number of piperazine rings is 1. The Labute approximate surface area is 84.7 Å². The van der Waals surface area contributed by atoms with Gasteiger partial charge in [0.25, 0.3) is 0 Å². The van der Waals surface area contributed by atoms with E-state index in [1.807, 2.05) is 0 Å². The molecule has 1 heterocycles. The Bertz CT molecular complexity index is 170. The maximum absolute atomic E-state index is 8.93. The highest BCUT2D eigenvalue weighted by Crippen LogP contribution is 1.88. The largest absolute Gasteiger partial charge is 0.459 e. The molecule has 0 atom stereocenters. The monoisotopic (exact) mass is 227 g/mol. The second kappa shape index (κ2) is 8.79. The van der Waals surface area contributed by atoms with Crippen LogP contribution in [0.1, 0.15) is 0 Å². The van der Waals surface area contributed by atoms with Gasteiger partial charge in [0, 0.05) is 32.7 Å². The summed E-state index contributed by atoms with van der Waals surface area (Å²) < 4.78 is 16.3. The van der Waals surface area contributed by atoms with Gasteiger partial charge in [0.2, 0.25) is 0 Å². The molecule has 0 aromatic rings. The van der Waals surface area contributed by atoms with E-state index >= 15 is 0 Å². The van der Waals surface area contributed by atoms with Crippen molar-refractivity contribution in [2.75, 3.05) is 39.3 Å². The first kappa shape index (κ1) is 13.2. The molecule has 0 amide bonds. The highest BCUT2D eigenvalue weighted by Gasteiger charge is 2.06. The van der Waals surface area contributed by atoms with Crippen LogP contribution in [0.3, 0.4) is 0 Å². The molecule has 0 bridgehead atoms. The molecule has 1 aliphatic rings. The topological polar surface area (TPSA) is 72.8 Å². The van der Waals surface area contributed by atoms with E-state index in [4.69, 9.17) is 13.9 Å². The van der Waals surface area contributed by atoms with Gasteiger partial charge in [-0.25, -0.2) is 11.2 Å². The van der Waals surface area contributed by atoms with Gasteiger partial charge in [0.05, 0.1) is 6.61 Å². The van der Waals surface area contributed by atoms with Crippen molar-refractivity contribution in [3.63, 3.8) is 0 Å². The van der Waals surface area contributed by atoms with E-state index in [9.17, 15) is 0 Å². The average molecular weight is 227 g/mol. The minimum atomic E-state index is -2.03. The van der Waals surface area contributed by atoms with Crippen molar-refractivity contribution in [3.05, 3.63) is 0 Å². The lowest BCUT2D eigenvalue weighted by Gasteiger charge is -2.25. The third-order valence-corrected chi connectivity index (χ3v) is 1.63. The summed E-state index contributed by atoms with van der Waals surface area (Å²) in [5.41, 5.74) is 0. The smallest absolute Gasteiger partial charge is 0.0558 e. The Morgan fingerprint density at radius 2 is 1.92 bits per heavy atom. The molecule has 0 radical (unpaired) electrons. The van der Waals surface area contributed by atoms with Crippen molar-refractivity contribution >= 4 is 20.8 Å². The van der Waals surface area contributed by atoms with Gasteiger partial charge in [-0.1, -0.05) is 9.64 Å². The molecule has 0 aromatic heterocycles. The Hall–Kier alpha value is 0.210. The molecule has 0 saturated carbocycles. The Morgan fingerprint density at radius 1 is 1.46 bits per heavy atom. The first-order valence-corrected chi connectivity index (χ1v) is 6.02. The summed E-state index contributed by atoms with van der Waals surface area (Å²) in [7, 11) is -2.03. The molecule has 0 spiro atoms. The number of β-amino-alcohol motifs (C(OH)–C–C–N with tert-alkyl or cyclic N) is 1. The van der Waals surface area contributed by atoms with Crippen molar-refractivity contribution in [3.8, 4) is 0 Å². The molecule has 1 fully saturated rings. The number of aliphatic hydroxyl groups is 1. The van der Waals surface area contributed by atoms with Crippen LogP contribution in [-0.4, -0.2) is 53.9 Å². The lowest BCUT2D eigenvalue weighted by Crippen LogP contribution is -2.44. The predicted molar refractivity (Wildman–Crippen MR) is 54.4 cm³/mol. The normalized spacial score (nSPS) is 18.1. The molecule has 5 nitrogen and oxygen atoms in total. The van der Waals surface area contributed by atoms with Crippen LogP contribution in [0.4, 0.5) is 0 Å². The number of hydrogen-bond acceptors (Lipinski definition) is 6. The van der Waals surface area contributed by atoms with Crippen LogP contribution in [-0.2, 0) is 25.0 Å². The van der Waals surface area contributed by atoms with Crippen LogP contribution in [0, 0.1) is 0 Å². The van der Waals surface area contributed by atoms with Crippen LogP contribution >= 0.6 is 0 Å². The molecule has 80 valence electrons. The van der Waals surface area contributed by atoms with Crippen molar-refractivity contribution in [2.45, 2.75) is 0 Å². The molecule has 0 aromatic carbocycles. The number of aliphatic hydroxyl groups excluding tert-OH is 1. The van der Waals surface area contributed by atoms with Crippen LogP contribution in [0.5, 0.6) is 0 Å². The molecule has 1 saturated heterocycles. The number of hydrogen-bond donors (Lipinski definition) is 3.